The van der Waals surface area contributed by atoms with Gasteiger partial charge in [-0.1, -0.05) is 101 Å². The lowest BCUT2D eigenvalue weighted by molar-refractivity contribution is -0.891. The molecule has 10 heteroatoms. The molecule has 0 fully saturated rings. The molecule has 9 nitrogen and oxygen atoms in total. The van der Waals surface area contributed by atoms with Gasteiger partial charge in [0.15, 0.2) is 11.6 Å². The second-order valence-electron chi connectivity index (χ2n) is 13.6. The van der Waals surface area contributed by atoms with E-state index in [4.69, 9.17) is 10.2 Å². The number of hydrogen-bond acceptors (Lipinski definition) is 8. The highest BCUT2D eigenvalue weighted by atomic mass is 31.1. The Kier molecular flexibility index (Phi) is 33.7. The Labute approximate surface area is 283 Å². The van der Waals surface area contributed by atoms with Crippen molar-refractivity contribution in [1.82, 2.24) is 0 Å². The van der Waals surface area contributed by atoms with Crippen molar-refractivity contribution in [2.24, 2.45) is 0 Å². The molecule has 0 saturated heterocycles. The lowest BCUT2D eigenvalue weighted by Gasteiger charge is -2.32. The summed E-state index contributed by atoms with van der Waals surface area (Å²) in [4.78, 5) is 22.0. The summed E-state index contributed by atoms with van der Waals surface area (Å²) >= 11 is 0. The van der Waals surface area contributed by atoms with Gasteiger partial charge in [0.25, 0.3) is 0 Å². The number of carbonyl (C=O) groups excluding carboxylic acids is 1. The van der Waals surface area contributed by atoms with Gasteiger partial charge < -0.3 is 34.9 Å². The molecule has 0 aromatic rings. The summed E-state index contributed by atoms with van der Waals surface area (Å²) in [5.41, 5.74) is 0. The summed E-state index contributed by atoms with van der Waals surface area (Å²) in [7, 11) is 1.53. The van der Waals surface area contributed by atoms with Gasteiger partial charge in [0.1, 0.15) is 12.3 Å². The molecule has 0 saturated carbocycles. The van der Waals surface area contributed by atoms with E-state index in [0.717, 1.165) is 12.8 Å². The van der Waals surface area contributed by atoms with E-state index in [9.17, 15) is 29.6 Å². The third kappa shape index (κ3) is 36.1. The summed E-state index contributed by atoms with van der Waals surface area (Å²) < 4.78 is 11.0. The van der Waals surface area contributed by atoms with Crippen molar-refractivity contribution >= 4 is 13.8 Å². The van der Waals surface area contributed by atoms with Gasteiger partial charge in [-0.25, -0.2) is 0 Å². The van der Waals surface area contributed by atoms with E-state index in [1.165, 1.54) is 96.3 Å². The third-order valence-corrected chi connectivity index (χ3v) is 9.10. The van der Waals surface area contributed by atoms with Crippen LogP contribution in [0, 0.1) is 0 Å². The molecule has 5 N–H and O–H groups in total. The first kappa shape index (κ1) is 47.3. The minimum atomic E-state index is -2.33. The molecule has 0 aliphatic carbocycles. The maximum Gasteiger partial charge on any atom is 0.308 e. The molecule has 274 valence electrons. The van der Waals surface area contributed by atoms with E-state index in [1.807, 2.05) is 14.1 Å². The summed E-state index contributed by atoms with van der Waals surface area (Å²) in [5.74, 6) is -1.86. The summed E-state index contributed by atoms with van der Waals surface area (Å²) in [6.07, 6.45) is 27.7. The van der Waals surface area contributed by atoms with Gasteiger partial charge in [-0.3, -0.25) is 4.79 Å². The molecule has 0 amide bonds. The molecule has 2 unspecified atom stereocenters. The minimum Gasteiger partial charge on any atom is -0.596 e. The van der Waals surface area contributed by atoms with Crippen LogP contribution in [0.4, 0.5) is 0 Å². The van der Waals surface area contributed by atoms with Crippen molar-refractivity contribution in [2.45, 2.75) is 166 Å². The number of nitrogens with zero attached hydrogens (tertiary/aromatic N) is 1. The van der Waals surface area contributed by atoms with Crippen molar-refractivity contribution < 1.29 is 44.3 Å². The van der Waals surface area contributed by atoms with Crippen LogP contribution in [0.25, 0.3) is 0 Å². The van der Waals surface area contributed by atoms with Crippen LogP contribution in [0.2, 0.25) is 0 Å². The van der Waals surface area contributed by atoms with E-state index < -0.39 is 19.9 Å². The van der Waals surface area contributed by atoms with Crippen LogP contribution in [0.1, 0.15) is 155 Å². The molecule has 0 spiro atoms. The van der Waals surface area contributed by atoms with Gasteiger partial charge in [0.2, 0.25) is 0 Å². The normalized spacial score (nSPS) is 13.1. The van der Waals surface area contributed by atoms with Crippen molar-refractivity contribution in [1.29, 1.82) is 0 Å². The lowest BCUT2D eigenvalue weighted by Crippen LogP contribution is -2.45. The third-order valence-electron chi connectivity index (χ3n) is 8.42. The molecule has 2 atom stereocenters. The predicted octanol–water partition coefficient (Wildman–Crippen LogP) is 6.30. The number of aliphatic hydroxyl groups excluding tert-OH is 3. The smallest absolute Gasteiger partial charge is 0.308 e. The van der Waals surface area contributed by atoms with Gasteiger partial charge in [-0.15, -0.1) is 0 Å². The fourth-order valence-electron chi connectivity index (χ4n) is 5.24. The zero-order valence-corrected chi connectivity index (χ0v) is 30.8. The number of Topliss-reactive ketones (excluding diaryl/α,β-unsaturated/α-hetero) is 1. The van der Waals surface area contributed by atoms with Crippen LogP contribution in [-0.4, -0.2) is 94.3 Å². The minimum absolute atomic E-state index is 0.0579. The van der Waals surface area contributed by atoms with Gasteiger partial charge in [-0.2, -0.15) is 0 Å². The Bertz CT molecular complexity index is 733. The Morgan fingerprint density at radius 3 is 1.72 bits per heavy atom. The number of quaternary nitrogens is 1. The number of allylic oxidation sites excluding steroid dienone is 2. The second kappa shape index (κ2) is 32.8. The molecule has 0 radical (unpaired) electrons. The molecule has 0 rings (SSSR count). The number of ketones is 1. The SMILES string of the molecule is CCCCCCCCC=CCCCCCCCCCCCC(=O)C(O)CCO.C[N+](C)(CCC[P+](=O)[O-])CCC(O)(O)CCCO. The first-order chi connectivity index (χ1) is 21.9. The molecule has 0 aliphatic heterocycles. The highest BCUT2D eigenvalue weighted by Gasteiger charge is 2.27. The quantitative estimate of drug-likeness (QED) is 0.0182. The molecule has 0 aromatic carbocycles. The van der Waals surface area contributed by atoms with Gasteiger partial charge >= 0.3 is 8.03 Å². The Morgan fingerprint density at radius 1 is 0.739 bits per heavy atom. The zero-order valence-electron chi connectivity index (χ0n) is 29.9. The van der Waals surface area contributed by atoms with E-state index in [-0.39, 0.29) is 44.4 Å². The number of aliphatic hydroxyl groups is 5. The Balaban J connectivity index is 0. The number of unbranched alkanes of at least 4 members (excludes halogenated alkanes) is 15. The molecule has 0 bridgehead atoms. The van der Waals surface area contributed by atoms with Gasteiger partial charge in [0.05, 0.1) is 33.6 Å². The first-order valence-corrected chi connectivity index (χ1v) is 19.7. The van der Waals surface area contributed by atoms with Crippen LogP contribution < -0.4 is 4.89 Å². The van der Waals surface area contributed by atoms with Gasteiger partial charge in [-0.05, 0) is 38.5 Å². The molecular weight excluding hydrogens is 605 g/mol. The van der Waals surface area contributed by atoms with Crippen molar-refractivity contribution in [2.75, 3.05) is 46.6 Å². The topological polar surface area (TPSA) is 158 Å². The van der Waals surface area contributed by atoms with Crippen LogP contribution in [0.3, 0.4) is 0 Å². The van der Waals surface area contributed by atoms with E-state index in [0.29, 0.717) is 36.8 Å². The van der Waals surface area contributed by atoms with Crippen molar-refractivity contribution in [3.8, 4) is 0 Å². The summed E-state index contributed by atoms with van der Waals surface area (Å²) in [6.45, 7) is 3.32. The average molecular weight is 679 g/mol. The molecule has 0 aromatic heterocycles. The highest BCUT2D eigenvalue weighted by molar-refractivity contribution is 7.36. The van der Waals surface area contributed by atoms with Gasteiger partial charge in [0, 0.05) is 38.9 Å². The molecule has 0 heterocycles. The van der Waals surface area contributed by atoms with E-state index in [1.54, 1.807) is 0 Å². The molecule has 46 heavy (non-hydrogen) atoms. The summed E-state index contributed by atoms with van der Waals surface area (Å²) in [5, 5.41) is 46.1. The van der Waals surface area contributed by atoms with Crippen molar-refractivity contribution in [3.05, 3.63) is 12.2 Å². The Hall–Kier alpha value is -0.770. The molecular formula is C36H73NO8P+. The average Bonchev–Trinajstić information content (AvgIpc) is 3.00. The lowest BCUT2D eigenvalue weighted by atomic mass is 10.0. The van der Waals surface area contributed by atoms with Crippen molar-refractivity contribution in [3.63, 3.8) is 0 Å². The van der Waals surface area contributed by atoms with E-state index in [2.05, 4.69) is 19.1 Å². The monoisotopic (exact) mass is 679 g/mol. The van der Waals surface area contributed by atoms with Crippen LogP contribution in [-0.2, 0) is 9.36 Å². The predicted molar refractivity (Wildman–Crippen MR) is 188 cm³/mol. The number of carbonyl (C=O) groups is 1. The van der Waals surface area contributed by atoms with Crippen LogP contribution in [0.15, 0.2) is 12.2 Å². The molecule has 0 aliphatic rings. The maximum absolute atomic E-state index is 11.5. The zero-order chi connectivity index (χ0) is 34.9. The van der Waals surface area contributed by atoms with Crippen LogP contribution >= 0.6 is 8.03 Å². The maximum atomic E-state index is 11.5. The Morgan fingerprint density at radius 2 is 1.24 bits per heavy atom. The standard InChI is InChI=1S/C25H48O3.C11H25NO5P/c1-2-3-4-5-6-7-8-9-10-11-12-13-14-15-16-17-18-19-20-21-24(27)25(28)22-23-26;1-12(2,7-4-10-18(16)17)8-6-11(14,15)5-3-9-13/h9-10,25-26,28H,2-8,11-23H2,1H3;13-15H,3-10H2,1-2H3/q;+1. The second-order valence-corrected chi connectivity index (χ2v) is 14.7. The fraction of sp³-hybridized carbons (Fsp3) is 0.917. The highest BCUT2D eigenvalue weighted by Crippen LogP contribution is 2.17. The largest absolute Gasteiger partial charge is 0.596 e. The fourth-order valence-corrected chi connectivity index (χ4v) is 5.64. The first-order valence-electron chi connectivity index (χ1n) is 18.4. The summed E-state index contributed by atoms with van der Waals surface area (Å²) in [6, 6.07) is 0. The number of hydrogen-bond donors (Lipinski definition) is 5. The number of rotatable bonds is 32. The van der Waals surface area contributed by atoms with Crippen LogP contribution in [0.5, 0.6) is 0 Å². The van der Waals surface area contributed by atoms with E-state index >= 15 is 0 Å².